The van der Waals surface area contributed by atoms with E-state index in [4.69, 9.17) is 5.11 Å². The van der Waals surface area contributed by atoms with E-state index in [-0.39, 0.29) is 12.3 Å². The average Bonchev–Trinajstić information content (AvgIpc) is 2.78. The van der Waals surface area contributed by atoms with Gasteiger partial charge in [-0.3, -0.25) is 10.1 Å². The Balaban J connectivity index is 2.23. The Morgan fingerprint density at radius 1 is 1.29 bits per heavy atom. The van der Waals surface area contributed by atoms with E-state index in [2.05, 4.69) is 5.10 Å². The van der Waals surface area contributed by atoms with E-state index in [1.54, 1.807) is 29.1 Å². The minimum atomic E-state index is -0.440. The average molecular weight is 233 g/mol. The summed E-state index contributed by atoms with van der Waals surface area (Å²) in [6.07, 6.45) is 2.26. The Labute approximate surface area is 97.3 Å². The summed E-state index contributed by atoms with van der Waals surface area (Å²) in [5.74, 6) is 0. The molecule has 1 aromatic carbocycles. The topological polar surface area (TPSA) is 81.2 Å². The second-order valence-electron chi connectivity index (χ2n) is 3.50. The van der Waals surface area contributed by atoms with Crippen molar-refractivity contribution in [1.29, 1.82) is 0 Å². The lowest BCUT2D eigenvalue weighted by Crippen LogP contribution is -1.98. The van der Waals surface area contributed by atoms with E-state index in [9.17, 15) is 10.1 Å². The molecule has 0 aliphatic rings. The minimum absolute atomic E-state index is 0.0523. The molecular formula is C11H11N3O3. The number of hydrogen-bond acceptors (Lipinski definition) is 4. The summed E-state index contributed by atoms with van der Waals surface area (Å²) < 4.78 is 1.62. The molecule has 1 aromatic heterocycles. The van der Waals surface area contributed by atoms with Crippen LogP contribution >= 0.6 is 0 Å². The van der Waals surface area contributed by atoms with Gasteiger partial charge >= 0.3 is 0 Å². The number of nitro benzene ring substituents is 1. The Morgan fingerprint density at radius 2 is 2.00 bits per heavy atom. The molecule has 0 aliphatic heterocycles. The molecule has 0 aliphatic carbocycles. The van der Waals surface area contributed by atoms with E-state index >= 15 is 0 Å². The number of rotatable bonds is 4. The van der Waals surface area contributed by atoms with Gasteiger partial charge in [0.1, 0.15) is 0 Å². The van der Waals surface area contributed by atoms with Gasteiger partial charge in [-0.2, -0.15) is 5.10 Å². The minimum Gasteiger partial charge on any atom is -0.396 e. The van der Waals surface area contributed by atoms with Crippen molar-refractivity contribution in [3.8, 4) is 5.69 Å². The summed E-state index contributed by atoms with van der Waals surface area (Å²) in [7, 11) is 0. The second-order valence-corrected chi connectivity index (χ2v) is 3.50. The van der Waals surface area contributed by atoms with E-state index in [0.717, 1.165) is 11.4 Å². The van der Waals surface area contributed by atoms with E-state index < -0.39 is 4.92 Å². The molecule has 0 spiro atoms. The summed E-state index contributed by atoms with van der Waals surface area (Å²) in [6.45, 7) is 0.0529. The number of nitro groups is 1. The van der Waals surface area contributed by atoms with Crippen molar-refractivity contribution >= 4 is 5.69 Å². The second kappa shape index (κ2) is 4.75. The van der Waals surface area contributed by atoms with Crippen LogP contribution in [0.5, 0.6) is 0 Å². The maximum atomic E-state index is 10.5. The van der Waals surface area contributed by atoms with E-state index in [1.165, 1.54) is 12.1 Å². The van der Waals surface area contributed by atoms with Gasteiger partial charge in [0.25, 0.3) is 5.69 Å². The SMILES string of the molecule is O=[N+]([O-])c1ccc(-n2ccc(CCO)n2)cc1. The van der Waals surface area contributed by atoms with Crippen molar-refractivity contribution < 1.29 is 10.0 Å². The Morgan fingerprint density at radius 3 is 2.59 bits per heavy atom. The third kappa shape index (κ3) is 2.48. The lowest BCUT2D eigenvalue weighted by molar-refractivity contribution is -0.384. The predicted molar refractivity (Wildman–Crippen MR) is 61.0 cm³/mol. The maximum Gasteiger partial charge on any atom is 0.269 e. The number of hydrogen-bond donors (Lipinski definition) is 1. The van der Waals surface area contributed by atoms with Gasteiger partial charge in [-0.15, -0.1) is 0 Å². The van der Waals surface area contributed by atoms with Crippen molar-refractivity contribution in [1.82, 2.24) is 9.78 Å². The highest BCUT2D eigenvalue weighted by Gasteiger charge is 2.05. The van der Waals surface area contributed by atoms with Gasteiger partial charge in [0.05, 0.1) is 16.3 Å². The van der Waals surface area contributed by atoms with Crippen LogP contribution in [-0.2, 0) is 6.42 Å². The fraction of sp³-hybridized carbons (Fsp3) is 0.182. The van der Waals surface area contributed by atoms with Gasteiger partial charge in [-0.05, 0) is 18.2 Å². The quantitative estimate of drug-likeness (QED) is 0.637. The lowest BCUT2D eigenvalue weighted by atomic mass is 10.3. The lowest BCUT2D eigenvalue weighted by Gasteiger charge is -2.00. The summed E-state index contributed by atoms with van der Waals surface area (Å²) >= 11 is 0. The van der Waals surface area contributed by atoms with Crippen LogP contribution < -0.4 is 0 Å². The number of aromatic nitrogens is 2. The van der Waals surface area contributed by atoms with Crippen molar-refractivity contribution in [2.75, 3.05) is 6.61 Å². The van der Waals surface area contributed by atoms with Crippen LogP contribution in [-0.4, -0.2) is 26.4 Å². The number of nitrogens with zero attached hydrogens (tertiary/aromatic N) is 3. The van der Waals surface area contributed by atoms with Crippen molar-refractivity contribution in [2.45, 2.75) is 6.42 Å². The molecule has 0 saturated heterocycles. The summed E-state index contributed by atoms with van der Waals surface area (Å²) in [5.41, 5.74) is 1.59. The molecule has 0 bridgehead atoms. The van der Waals surface area contributed by atoms with Gasteiger partial charge in [-0.1, -0.05) is 0 Å². The number of aliphatic hydroxyl groups is 1. The first-order valence-electron chi connectivity index (χ1n) is 5.11. The molecule has 2 rings (SSSR count). The van der Waals surface area contributed by atoms with Crippen LogP contribution in [0.3, 0.4) is 0 Å². The largest absolute Gasteiger partial charge is 0.396 e. The highest BCUT2D eigenvalue weighted by molar-refractivity contribution is 5.40. The Bertz CT molecular complexity index is 519. The first-order chi connectivity index (χ1) is 8.20. The normalized spacial score (nSPS) is 10.4. The fourth-order valence-corrected chi connectivity index (χ4v) is 1.48. The first kappa shape index (κ1) is 11.3. The fourth-order valence-electron chi connectivity index (χ4n) is 1.48. The molecule has 0 unspecified atom stereocenters. The van der Waals surface area contributed by atoms with Crippen molar-refractivity contribution in [3.05, 3.63) is 52.3 Å². The standard InChI is InChI=1S/C11H11N3O3/c15-8-6-9-5-7-13(12-9)10-1-3-11(4-2-10)14(16)17/h1-5,7,15H,6,8H2. The molecule has 0 amide bonds. The van der Waals surface area contributed by atoms with Crippen LogP contribution in [0.2, 0.25) is 0 Å². The monoisotopic (exact) mass is 233 g/mol. The molecular weight excluding hydrogens is 222 g/mol. The van der Waals surface area contributed by atoms with Crippen LogP contribution in [0.15, 0.2) is 36.5 Å². The molecule has 0 atom stereocenters. The molecule has 88 valence electrons. The Kier molecular flexibility index (Phi) is 3.15. The van der Waals surface area contributed by atoms with Gasteiger partial charge < -0.3 is 5.11 Å². The molecule has 0 radical (unpaired) electrons. The molecule has 2 aromatic rings. The number of aliphatic hydroxyl groups excluding tert-OH is 1. The molecule has 6 nitrogen and oxygen atoms in total. The molecule has 1 N–H and O–H groups in total. The molecule has 0 fully saturated rings. The van der Waals surface area contributed by atoms with E-state index in [0.29, 0.717) is 6.42 Å². The summed E-state index contributed by atoms with van der Waals surface area (Å²) in [6, 6.07) is 7.94. The molecule has 17 heavy (non-hydrogen) atoms. The third-order valence-electron chi connectivity index (χ3n) is 2.34. The molecule has 6 heteroatoms. The zero-order valence-corrected chi connectivity index (χ0v) is 8.98. The zero-order valence-electron chi connectivity index (χ0n) is 8.98. The summed E-state index contributed by atoms with van der Waals surface area (Å²) in [4.78, 5) is 10.1. The highest BCUT2D eigenvalue weighted by atomic mass is 16.6. The first-order valence-corrected chi connectivity index (χ1v) is 5.11. The third-order valence-corrected chi connectivity index (χ3v) is 2.34. The van der Waals surface area contributed by atoms with Crippen LogP contribution in [0, 0.1) is 10.1 Å². The number of non-ortho nitro benzene ring substituents is 1. The Hall–Kier alpha value is -2.21. The maximum absolute atomic E-state index is 10.5. The van der Waals surface area contributed by atoms with Gasteiger partial charge in [-0.25, -0.2) is 4.68 Å². The van der Waals surface area contributed by atoms with Crippen molar-refractivity contribution in [3.63, 3.8) is 0 Å². The predicted octanol–water partition coefficient (Wildman–Crippen LogP) is 1.32. The van der Waals surface area contributed by atoms with Crippen LogP contribution in [0.1, 0.15) is 5.69 Å². The van der Waals surface area contributed by atoms with Crippen LogP contribution in [0.25, 0.3) is 5.69 Å². The van der Waals surface area contributed by atoms with Crippen LogP contribution in [0.4, 0.5) is 5.69 Å². The van der Waals surface area contributed by atoms with Gasteiger partial charge in [0.15, 0.2) is 0 Å². The highest BCUT2D eigenvalue weighted by Crippen LogP contribution is 2.14. The smallest absolute Gasteiger partial charge is 0.269 e. The van der Waals surface area contributed by atoms with E-state index in [1.807, 2.05) is 0 Å². The molecule has 0 saturated carbocycles. The van der Waals surface area contributed by atoms with Gasteiger partial charge in [0.2, 0.25) is 0 Å². The van der Waals surface area contributed by atoms with Crippen molar-refractivity contribution in [2.24, 2.45) is 0 Å². The summed E-state index contributed by atoms with van der Waals surface area (Å²) in [5, 5.41) is 23.5. The van der Waals surface area contributed by atoms with Gasteiger partial charge in [0, 0.05) is 31.4 Å². The zero-order chi connectivity index (χ0) is 12.3. The number of benzene rings is 1. The molecule has 1 heterocycles.